The second kappa shape index (κ2) is 8.85. The molecule has 1 saturated heterocycles. The van der Waals surface area contributed by atoms with Gasteiger partial charge in [0, 0.05) is 6.07 Å². The summed E-state index contributed by atoms with van der Waals surface area (Å²) in [6.45, 7) is -0.583. The van der Waals surface area contributed by atoms with Gasteiger partial charge in [-0.2, -0.15) is 0 Å². The number of methoxy groups -OCH3 is 2. The highest BCUT2D eigenvalue weighted by Gasteiger charge is 2.44. The second-order valence-electron chi connectivity index (χ2n) is 6.60. The number of ether oxygens (including phenoxy) is 4. The largest absolute Gasteiger partial charge is 0.504 e. The first-order valence-corrected chi connectivity index (χ1v) is 8.91. The van der Waals surface area contributed by atoms with Gasteiger partial charge < -0.3 is 44.5 Å². The van der Waals surface area contributed by atoms with E-state index in [0.29, 0.717) is 17.1 Å². The second-order valence-corrected chi connectivity index (χ2v) is 6.60. The van der Waals surface area contributed by atoms with Crippen molar-refractivity contribution in [2.75, 3.05) is 20.8 Å². The molecule has 5 N–H and O–H groups in total. The average molecular weight is 408 g/mol. The van der Waals surface area contributed by atoms with Crippen molar-refractivity contribution in [1.29, 1.82) is 0 Å². The lowest BCUT2D eigenvalue weighted by Gasteiger charge is -2.39. The molecule has 2 aromatic carbocycles. The predicted molar refractivity (Wildman–Crippen MR) is 101 cm³/mol. The SMILES string of the molecule is COc1cc(OC)cc(-c2ccc(O)c(O[C@@H]3O[C@H](CO)[C@@H](O)[C@H](O)[C@H]3O)c2)c1. The maximum absolute atomic E-state index is 10.2. The number of aliphatic hydroxyl groups excluding tert-OH is 4. The molecule has 1 heterocycles. The van der Waals surface area contributed by atoms with Crippen LogP contribution >= 0.6 is 0 Å². The highest BCUT2D eigenvalue weighted by molar-refractivity contribution is 5.70. The zero-order valence-electron chi connectivity index (χ0n) is 15.9. The van der Waals surface area contributed by atoms with E-state index < -0.39 is 37.3 Å². The van der Waals surface area contributed by atoms with E-state index in [4.69, 9.17) is 18.9 Å². The summed E-state index contributed by atoms with van der Waals surface area (Å²) in [6.07, 6.45) is -7.21. The number of rotatable bonds is 6. The number of hydrogen-bond acceptors (Lipinski definition) is 9. The summed E-state index contributed by atoms with van der Waals surface area (Å²) in [6, 6.07) is 9.84. The van der Waals surface area contributed by atoms with Gasteiger partial charge in [0.15, 0.2) is 11.5 Å². The molecule has 3 rings (SSSR count). The first kappa shape index (κ1) is 21.2. The Morgan fingerprint density at radius 1 is 0.862 bits per heavy atom. The molecule has 2 aromatic rings. The number of phenolic OH excluding ortho intramolecular Hbond substituents is 1. The van der Waals surface area contributed by atoms with Gasteiger partial charge in [0.2, 0.25) is 6.29 Å². The summed E-state index contributed by atoms with van der Waals surface area (Å²) in [7, 11) is 3.06. The Kier molecular flexibility index (Phi) is 6.46. The molecule has 0 spiro atoms. The van der Waals surface area contributed by atoms with Crippen molar-refractivity contribution in [2.45, 2.75) is 30.7 Å². The summed E-state index contributed by atoms with van der Waals surface area (Å²) >= 11 is 0. The summed E-state index contributed by atoms with van der Waals surface area (Å²) in [5.41, 5.74) is 1.37. The van der Waals surface area contributed by atoms with Crippen LogP contribution < -0.4 is 14.2 Å². The number of hydrogen-bond donors (Lipinski definition) is 5. The monoisotopic (exact) mass is 408 g/mol. The van der Waals surface area contributed by atoms with E-state index in [0.717, 1.165) is 5.56 Å². The molecule has 0 unspecified atom stereocenters. The van der Waals surface area contributed by atoms with Crippen molar-refractivity contribution in [2.24, 2.45) is 0 Å². The number of phenols is 1. The van der Waals surface area contributed by atoms with Gasteiger partial charge in [0.1, 0.15) is 35.9 Å². The molecule has 0 radical (unpaired) electrons. The Hall–Kier alpha value is -2.56. The van der Waals surface area contributed by atoms with E-state index in [9.17, 15) is 25.5 Å². The molecule has 9 nitrogen and oxygen atoms in total. The van der Waals surface area contributed by atoms with Crippen LogP contribution in [0.25, 0.3) is 11.1 Å². The van der Waals surface area contributed by atoms with E-state index in [-0.39, 0.29) is 11.5 Å². The maximum Gasteiger partial charge on any atom is 0.229 e. The van der Waals surface area contributed by atoms with Crippen molar-refractivity contribution in [3.63, 3.8) is 0 Å². The molecule has 1 aliphatic rings. The van der Waals surface area contributed by atoms with Gasteiger partial charge in [-0.1, -0.05) is 6.07 Å². The fourth-order valence-electron chi connectivity index (χ4n) is 3.05. The van der Waals surface area contributed by atoms with Gasteiger partial charge in [0.05, 0.1) is 20.8 Å². The van der Waals surface area contributed by atoms with E-state index in [1.165, 1.54) is 26.4 Å². The number of aromatic hydroxyl groups is 1. The molecule has 0 aromatic heterocycles. The smallest absolute Gasteiger partial charge is 0.229 e. The standard InChI is InChI=1S/C20H24O9/c1-26-12-5-11(6-13(8-12)27-2)10-3-4-14(22)15(7-10)28-20-19(25)18(24)17(23)16(9-21)29-20/h3-8,16-25H,9H2,1-2H3/t16-,17-,18+,19-,20-/m1/s1. The van der Waals surface area contributed by atoms with Crippen LogP contribution in [0.3, 0.4) is 0 Å². The topological polar surface area (TPSA) is 138 Å². The summed E-state index contributed by atoms with van der Waals surface area (Å²) in [4.78, 5) is 0. The van der Waals surface area contributed by atoms with E-state index in [1.807, 2.05) is 0 Å². The van der Waals surface area contributed by atoms with Gasteiger partial charge in [-0.25, -0.2) is 0 Å². The van der Waals surface area contributed by atoms with Crippen LogP contribution in [0.4, 0.5) is 0 Å². The third kappa shape index (κ3) is 4.39. The Balaban J connectivity index is 1.90. The van der Waals surface area contributed by atoms with Crippen molar-refractivity contribution < 1.29 is 44.5 Å². The van der Waals surface area contributed by atoms with Gasteiger partial charge in [-0.15, -0.1) is 0 Å². The Morgan fingerprint density at radius 3 is 2.10 bits per heavy atom. The first-order chi connectivity index (χ1) is 13.9. The third-order valence-electron chi connectivity index (χ3n) is 4.74. The molecule has 1 aliphatic heterocycles. The molecular formula is C20H24O9. The molecule has 5 atom stereocenters. The van der Waals surface area contributed by atoms with Crippen molar-refractivity contribution in [1.82, 2.24) is 0 Å². The van der Waals surface area contributed by atoms with Crippen LogP contribution in [0.5, 0.6) is 23.0 Å². The Morgan fingerprint density at radius 2 is 1.52 bits per heavy atom. The summed E-state index contributed by atoms with van der Waals surface area (Å²) in [5.74, 6) is 0.904. The zero-order valence-corrected chi connectivity index (χ0v) is 15.9. The molecular weight excluding hydrogens is 384 g/mol. The fraction of sp³-hybridized carbons (Fsp3) is 0.400. The lowest BCUT2D eigenvalue weighted by Crippen LogP contribution is -2.60. The lowest BCUT2D eigenvalue weighted by atomic mass is 9.99. The van der Waals surface area contributed by atoms with Crippen molar-refractivity contribution in [3.8, 4) is 34.1 Å². The van der Waals surface area contributed by atoms with Crippen molar-refractivity contribution >= 4 is 0 Å². The van der Waals surface area contributed by atoms with Crippen molar-refractivity contribution in [3.05, 3.63) is 36.4 Å². The minimum Gasteiger partial charge on any atom is -0.504 e. The lowest BCUT2D eigenvalue weighted by molar-refractivity contribution is -0.277. The van der Waals surface area contributed by atoms with Gasteiger partial charge in [-0.3, -0.25) is 0 Å². The number of benzene rings is 2. The molecule has 0 aliphatic carbocycles. The van der Waals surface area contributed by atoms with E-state index in [1.54, 1.807) is 24.3 Å². The van der Waals surface area contributed by atoms with E-state index >= 15 is 0 Å². The number of aliphatic hydroxyl groups is 4. The van der Waals surface area contributed by atoms with Gasteiger partial charge >= 0.3 is 0 Å². The summed E-state index contributed by atoms with van der Waals surface area (Å²) in [5, 5.41) is 49.4. The van der Waals surface area contributed by atoms with Crippen LogP contribution in [-0.4, -0.2) is 77.1 Å². The maximum atomic E-state index is 10.2. The molecule has 0 bridgehead atoms. The fourth-order valence-corrected chi connectivity index (χ4v) is 3.05. The Bertz CT molecular complexity index is 816. The molecule has 158 valence electrons. The zero-order chi connectivity index (χ0) is 21.1. The quantitative estimate of drug-likeness (QED) is 0.455. The highest BCUT2D eigenvalue weighted by atomic mass is 16.7. The van der Waals surface area contributed by atoms with Crippen LogP contribution in [0.1, 0.15) is 0 Å². The average Bonchev–Trinajstić information content (AvgIpc) is 2.74. The normalized spacial score (nSPS) is 26.8. The van der Waals surface area contributed by atoms with Crippen LogP contribution in [0.2, 0.25) is 0 Å². The van der Waals surface area contributed by atoms with Gasteiger partial charge in [0.25, 0.3) is 0 Å². The Labute approximate surface area is 167 Å². The minimum atomic E-state index is -1.59. The van der Waals surface area contributed by atoms with Crippen LogP contribution in [0, 0.1) is 0 Å². The summed E-state index contributed by atoms with van der Waals surface area (Å²) < 4.78 is 21.4. The molecule has 0 amide bonds. The first-order valence-electron chi connectivity index (χ1n) is 8.91. The molecule has 1 fully saturated rings. The predicted octanol–water partition coefficient (Wildman–Crippen LogP) is 0.255. The minimum absolute atomic E-state index is 0.0198. The molecule has 0 saturated carbocycles. The van der Waals surface area contributed by atoms with E-state index in [2.05, 4.69) is 0 Å². The van der Waals surface area contributed by atoms with Crippen LogP contribution in [-0.2, 0) is 4.74 Å². The molecule has 29 heavy (non-hydrogen) atoms. The molecule has 9 heteroatoms. The van der Waals surface area contributed by atoms with Crippen LogP contribution in [0.15, 0.2) is 36.4 Å². The highest BCUT2D eigenvalue weighted by Crippen LogP contribution is 2.36. The van der Waals surface area contributed by atoms with Gasteiger partial charge in [-0.05, 0) is 35.4 Å². The third-order valence-corrected chi connectivity index (χ3v) is 4.74.